The maximum atomic E-state index is 9.67. The predicted molar refractivity (Wildman–Crippen MR) is 215 cm³/mol. The smallest absolute Gasteiger partial charge is 0.137 e. The van der Waals surface area contributed by atoms with E-state index in [1.54, 1.807) is 12.2 Å². The summed E-state index contributed by atoms with van der Waals surface area (Å²) >= 11 is 0. The van der Waals surface area contributed by atoms with E-state index in [0.717, 1.165) is 44.6 Å². The van der Waals surface area contributed by atoms with Gasteiger partial charge in [-0.2, -0.15) is 10.5 Å². The van der Waals surface area contributed by atoms with Gasteiger partial charge in [-0.1, -0.05) is 109 Å². The van der Waals surface area contributed by atoms with Crippen molar-refractivity contribution in [1.29, 1.82) is 10.5 Å². The SMILES string of the molecule is N#CC(C#N)=C1C=C(C=Cc2ccc(-n3c4ccccc4c4ccccc43)cc2)OC(C=Cc2ccc(-n3c4ccccc4c4ccccc43)cc2)=C1. The highest BCUT2D eigenvalue weighted by Crippen LogP contribution is 2.33. The summed E-state index contributed by atoms with van der Waals surface area (Å²) in [6, 6.07) is 54.7. The summed E-state index contributed by atoms with van der Waals surface area (Å²) in [7, 11) is 0. The Hall–Kier alpha value is -7.60. The molecule has 0 amide bonds. The van der Waals surface area contributed by atoms with Crippen molar-refractivity contribution < 1.29 is 4.74 Å². The monoisotopic (exact) mass is 678 g/mol. The molecule has 1 aliphatic rings. The summed E-state index contributed by atoms with van der Waals surface area (Å²) < 4.78 is 10.8. The van der Waals surface area contributed by atoms with Gasteiger partial charge >= 0.3 is 0 Å². The van der Waals surface area contributed by atoms with Crippen LogP contribution >= 0.6 is 0 Å². The van der Waals surface area contributed by atoms with Crippen LogP contribution in [0, 0.1) is 22.7 Å². The molecule has 2 aromatic heterocycles. The molecule has 0 saturated heterocycles. The van der Waals surface area contributed by atoms with E-state index in [4.69, 9.17) is 4.74 Å². The third-order valence-electron chi connectivity index (χ3n) is 9.69. The molecule has 0 fully saturated rings. The van der Waals surface area contributed by atoms with Crippen LogP contribution in [0.5, 0.6) is 0 Å². The minimum atomic E-state index is 0.0242. The second kappa shape index (κ2) is 13.3. The number of nitrogens with zero attached hydrogens (tertiary/aromatic N) is 4. The average Bonchev–Trinajstić information content (AvgIpc) is 3.73. The zero-order chi connectivity index (χ0) is 35.7. The van der Waals surface area contributed by atoms with Crippen molar-refractivity contribution in [2.45, 2.75) is 0 Å². The minimum absolute atomic E-state index is 0.0242. The summed E-state index contributed by atoms with van der Waals surface area (Å²) in [4.78, 5) is 0. The summed E-state index contributed by atoms with van der Waals surface area (Å²) in [5.41, 5.74) is 9.29. The number of fused-ring (bicyclic) bond motifs is 6. The van der Waals surface area contributed by atoms with E-state index < -0.39 is 0 Å². The van der Waals surface area contributed by atoms with Crippen molar-refractivity contribution in [3.8, 4) is 23.5 Å². The average molecular weight is 679 g/mol. The van der Waals surface area contributed by atoms with Crippen molar-refractivity contribution >= 4 is 55.8 Å². The molecule has 6 aromatic carbocycles. The molecule has 0 atom stereocenters. The van der Waals surface area contributed by atoms with Crippen molar-refractivity contribution in [1.82, 2.24) is 9.13 Å². The van der Waals surface area contributed by atoms with Gasteiger partial charge in [-0.15, -0.1) is 0 Å². The Labute approximate surface area is 306 Å². The molecule has 0 radical (unpaired) electrons. The molecule has 0 aliphatic carbocycles. The van der Waals surface area contributed by atoms with Gasteiger partial charge in [-0.3, -0.25) is 0 Å². The Morgan fingerprint density at radius 1 is 0.434 bits per heavy atom. The van der Waals surface area contributed by atoms with Gasteiger partial charge in [0.15, 0.2) is 0 Å². The van der Waals surface area contributed by atoms with E-state index >= 15 is 0 Å². The predicted octanol–water partition coefficient (Wildman–Crippen LogP) is 11.7. The van der Waals surface area contributed by atoms with E-state index in [0.29, 0.717) is 17.1 Å². The molecule has 3 heterocycles. The first-order valence-corrected chi connectivity index (χ1v) is 17.4. The van der Waals surface area contributed by atoms with E-state index in [1.807, 2.05) is 36.4 Å². The highest BCUT2D eigenvalue weighted by molar-refractivity contribution is 6.10. The van der Waals surface area contributed by atoms with Gasteiger partial charge in [0.2, 0.25) is 0 Å². The van der Waals surface area contributed by atoms with Gasteiger partial charge in [0, 0.05) is 38.5 Å². The fraction of sp³-hybridized carbons (Fsp3) is 0. The van der Waals surface area contributed by atoms with Gasteiger partial charge < -0.3 is 13.9 Å². The van der Waals surface area contributed by atoms with Crippen LogP contribution < -0.4 is 0 Å². The first kappa shape index (κ1) is 31.4. The number of hydrogen-bond acceptors (Lipinski definition) is 3. The molecule has 1 aliphatic heterocycles. The summed E-state index contributed by atoms with van der Waals surface area (Å²) in [5.74, 6) is 1.05. The zero-order valence-corrected chi connectivity index (χ0v) is 28.5. The quantitative estimate of drug-likeness (QED) is 0.164. The molecule has 9 rings (SSSR count). The highest BCUT2D eigenvalue weighted by Gasteiger charge is 2.14. The Balaban J connectivity index is 0.970. The molecule has 248 valence electrons. The number of nitriles is 2. The molecule has 0 N–H and O–H groups in total. The molecular formula is C48H30N4O. The van der Waals surface area contributed by atoms with Crippen LogP contribution in [-0.2, 0) is 4.74 Å². The lowest BCUT2D eigenvalue weighted by atomic mass is 10.1. The number of para-hydroxylation sites is 4. The Bertz CT molecular complexity index is 2660. The molecule has 0 bridgehead atoms. The summed E-state index contributed by atoms with van der Waals surface area (Å²) in [6.45, 7) is 0. The van der Waals surface area contributed by atoms with Crippen LogP contribution in [0.4, 0.5) is 0 Å². The number of aromatic nitrogens is 2. The topological polar surface area (TPSA) is 66.7 Å². The third-order valence-corrected chi connectivity index (χ3v) is 9.69. The number of allylic oxidation sites excluding steroid dienone is 6. The van der Waals surface area contributed by atoms with Crippen molar-refractivity contribution in [3.63, 3.8) is 0 Å². The van der Waals surface area contributed by atoms with E-state index in [2.05, 4.69) is 155 Å². The zero-order valence-electron chi connectivity index (χ0n) is 28.5. The molecular weight excluding hydrogens is 649 g/mol. The van der Waals surface area contributed by atoms with Gasteiger partial charge in [0.25, 0.3) is 0 Å². The first-order valence-electron chi connectivity index (χ1n) is 17.4. The largest absolute Gasteiger partial charge is 0.457 e. The lowest BCUT2D eigenvalue weighted by Crippen LogP contribution is -1.98. The molecule has 5 nitrogen and oxygen atoms in total. The number of hydrogen-bond donors (Lipinski definition) is 0. The fourth-order valence-corrected chi connectivity index (χ4v) is 7.23. The van der Waals surface area contributed by atoms with Gasteiger partial charge in [-0.25, -0.2) is 0 Å². The van der Waals surface area contributed by atoms with Crippen LogP contribution in [0.3, 0.4) is 0 Å². The molecule has 53 heavy (non-hydrogen) atoms. The van der Waals surface area contributed by atoms with Gasteiger partial charge in [0.05, 0.1) is 22.1 Å². The molecule has 0 saturated carbocycles. The third kappa shape index (κ3) is 5.69. The van der Waals surface area contributed by atoms with Crippen LogP contribution in [0.2, 0.25) is 0 Å². The Morgan fingerprint density at radius 2 is 0.774 bits per heavy atom. The second-order valence-electron chi connectivity index (χ2n) is 12.8. The minimum Gasteiger partial charge on any atom is -0.457 e. The molecule has 8 aromatic rings. The van der Waals surface area contributed by atoms with Crippen molar-refractivity contribution in [2.75, 3.05) is 0 Å². The van der Waals surface area contributed by atoms with E-state index in [1.165, 1.54) is 21.5 Å². The lowest BCUT2D eigenvalue weighted by molar-refractivity contribution is 0.332. The molecule has 0 spiro atoms. The number of ether oxygens (including phenoxy) is 1. The fourth-order valence-electron chi connectivity index (χ4n) is 7.23. The van der Waals surface area contributed by atoms with E-state index in [-0.39, 0.29) is 5.57 Å². The normalized spacial score (nSPS) is 13.1. The lowest BCUT2D eigenvalue weighted by Gasteiger charge is -2.14. The maximum Gasteiger partial charge on any atom is 0.137 e. The number of rotatable bonds is 6. The summed E-state index contributed by atoms with van der Waals surface area (Å²) in [6.07, 6.45) is 11.1. The Morgan fingerprint density at radius 3 is 1.11 bits per heavy atom. The second-order valence-corrected chi connectivity index (χ2v) is 12.8. The van der Waals surface area contributed by atoms with Gasteiger partial charge in [-0.05, 0) is 84.0 Å². The standard InChI is InChI=1S/C48H30N4O/c49-31-36(32-50)35-29-39(27-21-33-17-23-37(24-18-33)51-45-13-5-1-9-41(45)42-10-2-6-14-46(42)51)53-40(30-35)28-22-34-19-25-38(26-20-34)52-47-15-7-3-11-43(47)44-12-4-8-16-48(44)52/h1-30H. The van der Waals surface area contributed by atoms with E-state index in [9.17, 15) is 10.5 Å². The highest BCUT2D eigenvalue weighted by atomic mass is 16.5. The van der Waals surface area contributed by atoms with Gasteiger partial charge in [0.1, 0.15) is 29.2 Å². The molecule has 0 unspecified atom stereocenters. The first-order chi connectivity index (χ1) is 26.2. The van der Waals surface area contributed by atoms with Crippen molar-refractivity contribution in [2.24, 2.45) is 0 Å². The van der Waals surface area contributed by atoms with Crippen LogP contribution in [0.25, 0.3) is 67.1 Å². The van der Waals surface area contributed by atoms with Crippen molar-refractivity contribution in [3.05, 3.63) is 204 Å². The van der Waals surface area contributed by atoms with Crippen LogP contribution in [-0.4, -0.2) is 9.13 Å². The Kier molecular flexibility index (Phi) is 7.86. The summed E-state index contributed by atoms with van der Waals surface area (Å²) in [5, 5.41) is 24.2. The number of benzene rings is 6. The van der Waals surface area contributed by atoms with Crippen LogP contribution in [0.1, 0.15) is 11.1 Å². The van der Waals surface area contributed by atoms with Crippen LogP contribution in [0.15, 0.2) is 193 Å². The molecule has 5 heteroatoms. The maximum absolute atomic E-state index is 9.67.